The van der Waals surface area contributed by atoms with Gasteiger partial charge in [0.2, 0.25) is 5.91 Å². The Hall–Kier alpha value is -1.60. The predicted molar refractivity (Wildman–Crippen MR) is 111 cm³/mol. The van der Waals surface area contributed by atoms with Crippen molar-refractivity contribution in [2.24, 2.45) is 0 Å². The molecule has 1 aromatic carbocycles. The smallest absolute Gasteiger partial charge is 0.219 e. The highest BCUT2D eigenvalue weighted by Gasteiger charge is 2.17. The standard InChI is InChI=1S/C20H26Cl2N4O2/c1-15-12-17(23-26(15)18-4-5-19(21)20(22)13-18)14-28-11-3-6-24-7-9-25(10-8-24)16(2)27/h4-5,12-13H,3,6-11,14H2,1-2H3. The van der Waals surface area contributed by atoms with E-state index in [1.807, 2.05) is 28.6 Å². The van der Waals surface area contributed by atoms with Gasteiger partial charge in [0.25, 0.3) is 0 Å². The molecule has 152 valence electrons. The van der Waals surface area contributed by atoms with Crippen molar-refractivity contribution in [2.45, 2.75) is 26.9 Å². The van der Waals surface area contributed by atoms with E-state index < -0.39 is 0 Å². The van der Waals surface area contributed by atoms with E-state index in [1.165, 1.54) is 0 Å². The number of hydrogen-bond donors (Lipinski definition) is 0. The van der Waals surface area contributed by atoms with Crippen molar-refractivity contribution in [1.82, 2.24) is 19.6 Å². The fourth-order valence-electron chi connectivity index (χ4n) is 3.34. The number of hydrogen-bond acceptors (Lipinski definition) is 4. The zero-order chi connectivity index (χ0) is 20.1. The van der Waals surface area contributed by atoms with Crippen LogP contribution in [0.15, 0.2) is 24.3 Å². The molecule has 1 aliphatic rings. The van der Waals surface area contributed by atoms with Gasteiger partial charge in [0.15, 0.2) is 0 Å². The van der Waals surface area contributed by atoms with Gasteiger partial charge in [0, 0.05) is 51.9 Å². The molecule has 0 spiro atoms. The minimum absolute atomic E-state index is 0.165. The molecule has 2 aromatic rings. The maximum Gasteiger partial charge on any atom is 0.219 e. The molecule has 1 amide bonds. The number of amides is 1. The van der Waals surface area contributed by atoms with E-state index in [1.54, 1.807) is 19.1 Å². The van der Waals surface area contributed by atoms with Crippen molar-refractivity contribution >= 4 is 29.1 Å². The van der Waals surface area contributed by atoms with E-state index in [9.17, 15) is 4.79 Å². The van der Waals surface area contributed by atoms with E-state index in [-0.39, 0.29) is 5.91 Å². The summed E-state index contributed by atoms with van der Waals surface area (Å²) in [4.78, 5) is 15.6. The first kappa shape index (κ1) is 21.1. The maximum absolute atomic E-state index is 11.4. The summed E-state index contributed by atoms with van der Waals surface area (Å²) in [6.45, 7) is 9.30. The normalized spacial score (nSPS) is 15.2. The van der Waals surface area contributed by atoms with E-state index in [2.05, 4.69) is 10.00 Å². The van der Waals surface area contributed by atoms with Gasteiger partial charge in [0.05, 0.1) is 28.0 Å². The molecule has 1 aliphatic heterocycles. The average Bonchev–Trinajstić information content (AvgIpc) is 3.04. The SMILES string of the molecule is CC(=O)N1CCN(CCCOCc2cc(C)n(-c3ccc(Cl)c(Cl)c3)n2)CC1. The lowest BCUT2D eigenvalue weighted by Gasteiger charge is -2.34. The van der Waals surface area contributed by atoms with Gasteiger partial charge in [-0.25, -0.2) is 4.68 Å². The molecule has 1 saturated heterocycles. The summed E-state index contributed by atoms with van der Waals surface area (Å²) < 4.78 is 7.65. The Balaban J connectivity index is 1.41. The second kappa shape index (κ2) is 9.74. The fraction of sp³-hybridized carbons (Fsp3) is 0.500. The predicted octanol–water partition coefficient (Wildman–Crippen LogP) is 3.56. The van der Waals surface area contributed by atoms with E-state index in [0.717, 1.165) is 56.2 Å². The number of ether oxygens (including phenoxy) is 1. The Bertz CT molecular complexity index is 817. The van der Waals surface area contributed by atoms with Gasteiger partial charge in [-0.1, -0.05) is 23.2 Å². The number of nitrogens with zero attached hydrogens (tertiary/aromatic N) is 4. The van der Waals surface area contributed by atoms with Crippen molar-refractivity contribution in [3.8, 4) is 5.69 Å². The van der Waals surface area contributed by atoms with Gasteiger partial charge in [-0.2, -0.15) is 5.10 Å². The molecule has 0 saturated carbocycles. The first-order chi connectivity index (χ1) is 13.4. The minimum atomic E-state index is 0.165. The largest absolute Gasteiger partial charge is 0.375 e. The molecular weight excluding hydrogens is 399 g/mol. The number of rotatable bonds is 7. The quantitative estimate of drug-likeness (QED) is 0.637. The van der Waals surface area contributed by atoms with E-state index in [0.29, 0.717) is 23.3 Å². The van der Waals surface area contributed by atoms with Crippen LogP contribution in [0.25, 0.3) is 5.69 Å². The van der Waals surface area contributed by atoms with Crippen molar-refractivity contribution in [2.75, 3.05) is 39.3 Å². The molecular formula is C20H26Cl2N4O2. The number of halogens is 2. The van der Waals surface area contributed by atoms with Crippen LogP contribution in [0.3, 0.4) is 0 Å². The molecule has 28 heavy (non-hydrogen) atoms. The van der Waals surface area contributed by atoms with Gasteiger partial charge in [0.1, 0.15) is 0 Å². The molecule has 0 radical (unpaired) electrons. The van der Waals surface area contributed by atoms with Crippen molar-refractivity contribution < 1.29 is 9.53 Å². The molecule has 1 aromatic heterocycles. The highest BCUT2D eigenvalue weighted by Crippen LogP contribution is 2.25. The number of carbonyl (C=O) groups is 1. The first-order valence-electron chi connectivity index (χ1n) is 9.50. The topological polar surface area (TPSA) is 50.6 Å². The average molecular weight is 425 g/mol. The summed E-state index contributed by atoms with van der Waals surface area (Å²) in [6.07, 6.45) is 0.965. The van der Waals surface area contributed by atoms with E-state index in [4.69, 9.17) is 27.9 Å². The van der Waals surface area contributed by atoms with Crippen LogP contribution < -0.4 is 0 Å². The van der Waals surface area contributed by atoms with Crippen molar-refractivity contribution in [3.63, 3.8) is 0 Å². The van der Waals surface area contributed by atoms with Crippen LogP contribution >= 0.6 is 23.2 Å². The summed E-state index contributed by atoms with van der Waals surface area (Å²) >= 11 is 12.1. The second-order valence-corrected chi connectivity index (χ2v) is 7.86. The molecule has 0 atom stereocenters. The van der Waals surface area contributed by atoms with Crippen LogP contribution in [0, 0.1) is 6.92 Å². The number of aryl methyl sites for hydroxylation is 1. The molecule has 3 rings (SSSR count). The van der Waals surface area contributed by atoms with Crippen LogP contribution in [0.4, 0.5) is 0 Å². The van der Waals surface area contributed by atoms with Crippen molar-refractivity contribution in [3.05, 3.63) is 45.7 Å². The summed E-state index contributed by atoms with van der Waals surface area (Å²) in [6, 6.07) is 7.49. The molecule has 1 fully saturated rings. The highest BCUT2D eigenvalue weighted by molar-refractivity contribution is 6.42. The summed E-state index contributed by atoms with van der Waals surface area (Å²) in [5.41, 5.74) is 2.78. The van der Waals surface area contributed by atoms with E-state index >= 15 is 0 Å². The number of carbonyl (C=O) groups excluding carboxylic acids is 1. The number of aromatic nitrogens is 2. The zero-order valence-electron chi connectivity index (χ0n) is 16.3. The van der Waals surface area contributed by atoms with Gasteiger partial charge in [-0.05, 0) is 37.6 Å². The first-order valence-corrected chi connectivity index (χ1v) is 10.3. The number of benzene rings is 1. The molecule has 2 heterocycles. The van der Waals surface area contributed by atoms with Crippen molar-refractivity contribution in [1.29, 1.82) is 0 Å². The van der Waals surface area contributed by atoms with Gasteiger partial charge >= 0.3 is 0 Å². The lowest BCUT2D eigenvalue weighted by Crippen LogP contribution is -2.48. The second-order valence-electron chi connectivity index (χ2n) is 7.04. The third kappa shape index (κ3) is 5.47. The zero-order valence-corrected chi connectivity index (χ0v) is 17.8. The Labute approximate surface area is 176 Å². The molecule has 0 N–H and O–H groups in total. The Morgan fingerprint density at radius 2 is 1.89 bits per heavy atom. The lowest BCUT2D eigenvalue weighted by atomic mass is 10.3. The summed E-state index contributed by atoms with van der Waals surface area (Å²) in [5.74, 6) is 0.165. The highest BCUT2D eigenvalue weighted by atomic mass is 35.5. The summed E-state index contributed by atoms with van der Waals surface area (Å²) in [7, 11) is 0. The van der Waals surface area contributed by atoms with Crippen LogP contribution in [0.5, 0.6) is 0 Å². The molecule has 0 unspecified atom stereocenters. The Morgan fingerprint density at radius 3 is 2.57 bits per heavy atom. The lowest BCUT2D eigenvalue weighted by molar-refractivity contribution is -0.130. The summed E-state index contributed by atoms with van der Waals surface area (Å²) in [5, 5.41) is 5.64. The van der Waals surface area contributed by atoms with Gasteiger partial charge in [-0.3, -0.25) is 9.69 Å². The third-order valence-electron chi connectivity index (χ3n) is 4.92. The molecule has 8 heteroatoms. The Kier molecular flexibility index (Phi) is 7.35. The monoisotopic (exact) mass is 424 g/mol. The Morgan fingerprint density at radius 1 is 1.14 bits per heavy atom. The molecule has 0 bridgehead atoms. The van der Waals surface area contributed by atoms with Crippen LogP contribution in [-0.4, -0.2) is 64.8 Å². The minimum Gasteiger partial charge on any atom is -0.375 e. The fourth-order valence-corrected chi connectivity index (χ4v) is 3.63. The van der Waals surface area contributed by atoms with Gasteiger partial charge in [-0.15, -0.1) is 0 Å². The van der Waals surface area contributed by atoms with Crippen LogP contribution in [0.2, 0.25) is 10.0 Å². The van der Waals surface area contributed by atoms with Crippen LogP contribution in [-0.2, 0) is 16.1 Å². The molecule has 0 aliphatic carbocycles. The maximum atomic E-state index is 11.4. The number of piperazine rings is 1. The third-order valence-corrected chi connectivity index (χ3v) is 5.66. The van der Waals surface area contributed by atoms with Gasteiger partial charge < -0.3 is 9.64 Å². The molecule has 6 nitrogen and oxygen atoms in total. The van der Waals surface area contributed by atoms with Crippen LogP contribution in [0.1, 0.15) is 24.7 Å².